The average molecular weight is 413 g/mol. The molecule has 6 nitrogen and oxygen atoms in total. The zero-order chi connectivity index (χ0) is 20.9. The average Bonchev–Trinajstić information content (AvgIpc) is 2.80. The van der Waals surface area contributed by atoms with E-state index in [1.165, 1.54) is 24.1 Å². The molecule has 0 atom stereocenters. The highest BCUT2D eigenvalue weighted by molar-refractivity contribution is 5.84. The Morgan fingerprint density at radius 3 is 2.13 bits per heavy atom. The SMILES string of the molecule is CN(CC(=O)N1CCCCC1)c1cccc2c1CCCN2CC(=O)N1CCCCC1. The normalized spacial score (nSPS) is 19.4. The maximum absolute atomic E-state index is 12.8. The first-order valence-electron chi connectivity index (χ1n) is 11.8. The number of benzene rings is 1. The van der Waals surface area contributed by atoms with Crippen LogP contribution >= 0.6 is 0 Å². The number of nitrogens with zero attached hydrogens (tertiary/aromatic N) is 4. The lowest BCUT2D eigenvalue weighted by molar-refractivity contribution is -0.131. The minimum absolute atomic E-state index is 0.225. The van der Waals surface area contributed by atoms with Crippen molar-refractivity contribution in [3.8, 4) is 0 Å². The van der Waals surface area contributed by atoms with E-state index in [9.17, 15) is 9.59 Å². The second-order valence-corrected chi connectivity index (χ2v) is 9.04. The van der Waals surface area contributed by atoms with Gasteiger partial charge in [-0.2, -0.15) is 0 Å². The van der Waals surface area contributed by atoms with Crippen molar-refractivity contribution in [1.29, 1.82) is 0 Å². The number of hydrogen-bond acceptors (Lipinski definition) is 4. The summed E-state index contributed by atoms with van der Waals surface area (Å²) in [7, 11) is 2.02. The Hall–Kier alpha value is -2.24. The van der Waals surface area contributed by atoms with Crippen LogP contribution in [0.2, 0.25) is 0 Å². The molecule has 2 amide bonds. The van der Waals surface area contributed by atoms with Crippen LogP contribution in [0.1, 0.15) is 50.5 Å². The summed E-state index contributed by atoms with van der Waals surface area (Å²) in [5.74, 6) is 0.476. The summed E-state index contributed by atoms with van der Waals surface area (Å²) in [4.78, 5) is 34.0. The largest absolute Gasteiger partial charge is 0.365 e. The van der Waals surface area contributed by atoms with Crippen molar-refractivity contribution in [2.45, 2.75) is 51.4 Å². The Balaban J connectivity index is 1.45. The summed E-state index contributed by atoms with van der Waals surface area (Å²) in [5, 5.41) is 0. The molecule has 0 aromatic heterocycles. The van der Waals surface area contributed by atoms with Crippen molar-refractivity contribution >= 4 is 23.2 Å². The molecule has 0 unspecified atom stereocenters. The van der Waals surface area contributed by atoms with Gasteiger partial charge in [0.2, 0.25) is 11.8 Å². The zero-order valence-corrected chi connectivity index (χ0v) is 18.4. The quantitative estimate of drug-likeness (QED) is 0.746. The predicted octanol–water partition coefficient (Wildman–Crippen LogP) is 2.90. The lowest BCUT2D eigenvalue weighted by atomic mass is 9.98. The lowest BCUT2D eigenvalue weighted by Gasteiger charge is -2.36. The van der Waals surface area contributed by atoms with Crippen LogP contribution in [-0.4, -0.2) is 74.5 Å². The molecule has 2 saturated heterocycles. The number of anilines is 2. The molecule has 0 aliphatic carbocycles. The monoisotopic (exact) mass is 412 g/mol. The van der Waals surface area contributed by atoms with Gasteiger partial charge in [0.25, 0.3) is 0 Å². The molecule has 0 bridgehead atoms. The van der Waals surface area contributed by atoms with E-state index in [1.54, 1.807) is 0 Å². The van der Waals surface area contributed by atoms with Crippen molar-refractivity contribution < 1.29 is 9.59 Å². The van der Waals surface area contributed by atoms with Crippen molar-refractivity contribution in [3.05, 3.63) is 23.8 Å². The zero-order valence-electron chi connectivity index (χ0n) is 18.4. The third-order valence-electron chi connectivity index (χ3n) is 6.85. The molecular weight excluding hydrogens is 376 g/mol. The van der Waals surface area contributed by atoms with E-state index in [-0.39, 0.29) is 11.8 Å². The van der Waals surface area contributed by atoms with Crippen LogP contribution in [0.4, 0.5) is 11.4 Å². The van der Waals surface area contributed by atoms with Gasteiger partial charge >= 0.3 is 0 Å². The van der Waals surface area contributed by atoms with Crippen molar-refractivity contribution in [1.82, 2.24) is 9.80 Å². The van der Waals surface area contributed by atoms with Crippen LogP contribution in [-0.2, 0) is 16.0 Å². The standard InChI is InChI=1S/C24H36N4O2/c1-25(18-23(29)26-13-4-2-5-14-26)21-11-8-12-22-20(21)10-9-17-28(22)19-24(30)27-15-6-3-7-16-27/h8,11-12H,2-7,9-10,13-19H2,1H3. The van der Waals surface area contributed by atoms with E-state index in [2.05, 4.69) is 28.0 Å². The number of carbonyl (C=O) groups excluding carboxylic acids is 2. The highest BCUT2D eigenvalue weighted by Gasteiger charge is 2.26. The summed E-state index contributed by atoms with van der Waals surface area (Å²) in [6.45, 7) is 5.41. The van der Waals surface area contributed by atoms with Gasteiger partial charge in [0.15, 0.2) is 0 Å². The summed E-state index contributed by atoms with van der Waals surface area (Å²) < 4.78 is 0. The van der Waals surface area contributed by atoms with Crippen LogP contribution < -0.4 is 9.80 Å². The summed E-state index contributed by atoms with van der Waals surface area (Å²) in [6.07, 6.45) is 9.02. The van der Waals surface area contributed by atoms with Crippen molar-refractivity contribution in [2.75, 3.05) is 62.7 Å². The molecular formula is C24H36N4O2. The number of hydrogen-bond donors (Lipinski definition) is 0. The van der Waals surface area contributed by atoms with Gasteiger partial charge < -0.3 is 19.6 Å². The first-order chi connectivity index (χ1) is 14.6. The molecule has 0 saturated carbocycles. The van der Waals surface area contributed by atoms with Gasteiger partial charge in [0.05, 0.1) is 13.1 Å². The van der Waals surface area contributed by atoms with Gasteiger partial charge in [0, 0.05) is 51.1 Å². The second-order valence-electron chi connectivity index (χ2n) is 9.04. The molecule has 2 fully saturated rings. The molecule has 0 N–H and O–H groups in total. The Morgan fingerprint density at radius 1 is 0.833 bits per heavy atom. The van der Waals surface area contributed by atoms with Crippen LogP contribution in [0.3, 0.4) is 0 Å². The minimum Gasteiger partial charge on any atom is -0.365 e. The fourth-order valence-electron chi connectivity index (χ4n) is 5.14. The van der Waals surface area contributed by atoms with E-state index >= 15 is 0 Å². The van der Waals surface area contributed by atoms with Crippen molar-refractivity contribution in [3.63, 3.8) is 0 Å². The number of amides is 2. The maximum atomic E-state index is 12.8. The van der Waals surface area contributed by atoms with Crippen LogP contribution in [0.25, 0.3) is 0 Å². The lowest BCUT2D eigenvalue weighted by Crippen LogP contribution is -2.44. The molecule has 4 rings (SSSR count). The summed E-state index contributed by atoms with van der Waals surface area (Å²) in [6, 6.07) is 6.33. The van der Waals surface area contributed by atoms with Gasteiger partial charge in [-0.1, -0.05) is 6.07 Å². The van der Waals surface area contributed by atoms with Crippen LogP contribution in [0.15, 0.2) is 18.2 Å². The molecule has 1 aromatic rings. The molecule has 3 heterocycles. The Morgan fingerprint density at radius 2 is 1.47 bits per heavy atom. The first kappa shape index (κ1) is 21.0. The van der Waals surface area contributed by atoms with E-state index < -0.39 is 0 Å². The highest BCUT2D eigenvalue weighted by atomic mass is 16.2. The molecule has 0 radical (unpaired) electrons. The molecule has 3 aliphatic rings. The topological polar surface area (TPSA) is 47.1 Å². The van der Waals surface area contributed by atoms with Crippen LogP contribution in [0, 0.1) is 0 Å². The van der Waals surface area contributed by atoms with E-state index in [0.29, 0.717) is 13.1 Å². The second kappa shape index (κ2) is 9.71. The van der Waals surface area contributed by atoms with E-state index in [0.717, 1.165) is 76.9 Å². The minimum atomic E-state index is 0.225. The molecule has 3 aliphatic heterocycles. The number of likely N-dealkylation sites (N-methyl/N-ethyl adjacent to an activating group) is 1. The molecule has 1 aromatic carbocycles. The number of piperidine rings is 2. The number of carbonyl (C=O) groups is 2. The highest BCUT2D eigenvalue weighted by Crippen LogP contribution is 2.34. The third-order valence-corrected chi connectivity index (χ3v) is 6.85. The molecule has 0 spiro atoms. The Kier molecular flexibility index (Phi) is 6.80. The first-order valence-corrected chi connectivity index (χ1v) is 11.8. The maximum Gasteiger partial charge on any atom is 0.242 e. The van der Waals surface area contributed by atoms with E-state index in [1.807, 2.05) is 16.8 Å². The summed E-state index contributed by atoms with van der Waals surface area (Å²) in [5.41, 5.74) is 3.58. The number of rotatable bonds is 5. The number of fused-ring (bicyclic) bond motifs is 1. The molecule has 164 valence electrons. The molecule has 30 heavy (non-hydrogen) atoms. The smallest absolute Gasteiger partial charge is 0.242 e. The fourth-order valence-corrected chi connectivity index (χ4v) is 5.14. The van der Waals surface area contributed by atoms with Crippen molar-refractivity contribution in [2.24, 2.45) is 0 Å². The van der Waals surface area contributed by atoms with Gasteiger partial charge in [0.1, 0.15) is 0 Å². The fraction of sp³-hybridized carbons (Fsp3) is 0.667. The third kappa shape index (κ3) is 4.73. The number of likely N-dealkylation sites (tertiary alicyclic amines) is 2. The van der Waals surface area contributed by atoms with E-state index in [4.69, 9.17) is 0 Å². The molecule has 6 heteroatoms. The van der Waals surface area contributed by atoms with Gasteiger partial charge in [-0.3, -0.25) is 9.59 Å². The van der Waals surface area contributed by atoms with Gasteiger partial charge in [-0.15, -0.1) is 0 Å². The Bertz CT molecular complexity index is 739. The Labute approximate surface area is 180 Å². The van der Waals surface area contributed by atoms with Gasteiger partial charge in [-0.25, -0.2) is 0 Å². The van der Waals surface area contributed by atoms with Crippen LogP contribution in [0.5, 0.6) is 0 Å². The summed E-state index contributed by atoms with van der Waals surface area (Å²) >= 11 is 0. The predicted molar refractivity (Wildman–Crippen MR) is 121 cm³/mol. The van der Waals surface area contributed by atoms with Gasteiger partial charge in [-0.05, 0) is 69.1 Å².